The highest BCUT2D eigenvalue weighted by Gasteiger charge is 2.47. The van der Waals surface area contributed by atoms with Crippen molar-refractivity contribution in [2.45, 2.75) is 68.4 Å². The summed E-state index contributed by atoms with van der Waals surface area (Å²) in [6.45, 7) is 4.68. The highest BCUT2D eigenvalue weighted by molar-refractivity contribution is 7.92. The Morgan fingerprint density at radius 2 is 1.84 bits per heavy atom. The molecule has 1 saturated carbocycles. The summed E-state index contributed by atoms with van der Waals surface area (Å²) in [6, 6.07) is 5.61. The monoisotopic (exact) mass is 617 g/mol. The van der Waals surface area contributed by atoms with Crippen LogP contribution in [0.15, 0.2) is 34.0 Å². The van der Waals surface area contributed by atoms with Crippen molar-refractivity contribution in [3.8, 4) is 6.07 Å². The van der Waals surface area contributed by atoms with E-state index in [-0.39, 0.29) is 35.8 Å². The van der Waals surface area contributed by atoms with Gasteiger partial charge in [0.2, 0.25) is 5.91 Å². The molecule has 1 aliphatic heterocycles. The zero-order valence-corrected chi connectivity index (χ0v) is 24.8. The molecule has 2 atom stereocenters. The average molecular weight is 618 g/mol. The Hall–Kier alpha value is -4.19. The lowest BCUT2D eigenvalue weighted by Crippen LogP contribution is -2.58. The number of halogens is 3. The van der Waals surface area contributed by atoms with Crippen molar-refractivity contribution < 1.29 is 26.4 Å². The van der Waals surface area contributed by atoms with Gasteiger partial charge in [0.05, 0.1) is 27.7 Å². The maximum Gasteiger partial charge on any atom is 0.418 e. The highest BCUT2D eigenvalue weighted by Crippen LogP contribution is 2.48. The summed E-state index contributed by atoms with van der Waals surface area (Å²) in [6.07, 6.45) is -3.94. The maximum absolute atomic E-state index is 14.6. The second-order valence-corrected chi connectivity index (χ2v) is 13.1. The van der Waals surface area contributed by atoms with Gasteiger partial charge in [0.25, 0.3) is 0 Å². The number of carbonyl (C=O) groups excluding carboxylic acids is 1. The van der Waals surface area contributed by atoms with Crippen molar-refractivity contribution in [1.82, 2.24) is 14.5 Å². The molecule has 1 saturated heterocycles. The van der Waals surface area contributed by atoms with Crippen molar-refractivity contribution in [3.05, 3.63) is 46.0 Å². The molecule has 1 amide bonds. The first kappa shape index (κ1) is 30.3. The first-order valence-corrected chi connectivity index (χ1v) is 15.3. The van der Waals surface area contributed by atoms with Crippen LogP contribution in [-0.2, 0) is 27.9 Å². The number of fused-ring (bicyclic) bond motifs is 1. The number of anilines is 3. The summed E-state index contributed by atoms with van der Waals surface area (Å²) in [4.78, 5) is 36.1. The smallest absolute Gasteiger partial charge is 0.363 e. The van der Waals surface area contributed by atoms with E-state index in [0.29, 0.717) is 24.8 Å². The van der Waals surface area contributed by atoms with Gasteiger partial charge >= 0.3 is 11.9 Å². The van der Waals surface area contributed by atoms with E-state index in [1.807, 2.05) is 6.07 Å². The Balaban J connectivity index is 1.70. The first-order valence-electron chi connectivity index (χ1n) is 13.8. The standard InChI is InChI=1S/C28H30F3N7O4S/c1-5-18-14-37(26-23-22(36(4)27(40)35-26)11-6-17(12-32)34-23)15(2)13-38(18)24-20(28(29,30)31)9-10-21(33-16(3)39)25(24)43(41,42)19-7-8-19/h6,9-11,15,18-19H,5,7-8,13-14H2,1-4H3,(H,33,39)/t15-,18+/m0/s1. The number of benzene rings is 1. The van der Waals surface area contributed by atoms with Crippen LogP contribution >= 0.6 is 0 Å². The molecule has 5 rings (SSSR count). The third-order valence-electron chi connectivity index (χ3n) is 7.92. The normalized spacial score (nSPS) is 19.4. The molecular weight excluding hydrogens is 587 g/mol. The Bertz CT molecular complexity index is 1830. The molecule has 1 aliphatic carbocycles. The molecule has 43 heavy (non-hydrogen) atoms. The number of nitrogens with one attached hydrogen (secondary N) is 1. The van der Waals surface area contributed by atoms with Crippen LogP contribution in [0.4, 0.5) is 30.4 Å². The number of rotatable bonds is 6. The second-order valence-electron chi connectivity index (χ2n) is 10.9. The quantitative estimate of drug-likeness (QED) is 0.439. The van der Waals surface area contributed by atoms with E-state index in [9.17, 15) is 36.4 Å². The van der Waals surface area contributed by atoms with Gasteiger partial charge in [-0.25, -0.2) is 18.2 Å². The van der Waals surface area contributed by atoms with E-state index in [0.717, 1.165) is 19.1 Å². The number of alkyl halides is 3. The number of piperazine rings is 1. The van der Waals surface area contributed by atoms with Crippen LogP contribution < -0.4 is 20.8 Å². The fourth-order valence-electron chi connectivity index (χ4n) is 5.63. The van der Waals surface area contributed by atoms with Gasteiger partial charge in [-0.3, -0.25) is 9.36 Å². The van der Waals surface area contributed by atoms with Crippen molar-refractivity contribution >= 4 is 44.0 Å². The molecule has 2 aromatic heterocycles. The topological polar surface area (TPSA) is 141 Å². The van der Waals surface area contributed by atoms with Crippen molar-refractivity contribution in [2.24, 2.45) is 7.05 Å². The summed E-state index contributed by atoms with van der Waals surface area (Å²) >= 11 is 0. The first-order chi connectivity index (χ1) is 20.2. The number of pyridine rings is 1. The highest BCUT2D eigenvalue weighted by atomic mass is 32.2. The molecule has 0 bridgehead atoms. The van der Waals surface area contributed by atoms with Crippen LogP contribution in [0.25, 0.3) is 11.0 Å². The summed E-state index contributed by atoms with van der Waals surface area (Å²) in [5.74, 6) is -0.425. The van der Waals surface area contributed by atoms with Gasteiger partial charge in [-0.1, -0.05) is 6.92 Å². The van der Waals surface area contributed by atoms with Crippen LogP contribution in [0.3, 0.4) is 0 Å². The predicted molar refractivity (Wildman–Crippen MR) is 154 cm³/mol. The van der Waals surface area contributed by atoms with Crippen LogP contribution in [0.2, 0.25) is 0 Å². The van der Waals surface area contributed by atoms with Gasteiger partial charge in [-0.15, -0.1) is 0 Å². The van der Waals surface area contributed by atoms with Gasteiger partial charge in [0.15, 0.2) is 15.7 Å². The zero-order valence-electron chi connectivity index (χ0n) is 23.9. The lowest BCUT2D eigenvalue weighted by molar-refractivity contribution is -0.137. The predicted octanol–water partition coefficient (Wildman–Crippen LogP) is 3.61. The summed E-state index contributed by atoms with van der Waals surface area (Å²) in [5.41, 5.74) is -1.55. The molecule has 228 valence electrons. The van der Waals surface area contributed by atoms with Crippen molar-refractivity contribution in [3.63, 3.8) is 0 Å². The molecule has 3 aromatic rings. The number of nitrogens with zero attached hydrogens (tertiary/aromatic N) is 6. The number of amides is 1. The van der Waals surface area contributed by atoms with E-state index in [4.69, 9.17) is 0 Å². The fourth-order valence-corrected chi connectivity index (χ4v) is 7.65. The molecule has 0 spiro atoms. The number of aryl methyl sites for hydroxylation is 1. The molecule has 1 N–H and O–H groups in total. The SMILES string of the molecule is CC[C@@H]1CN(c2nc(=O)n(C)c3ccc(C#N)nc23)[C@@H](C)CN1c1c(C(F)(F)F)ccc(NC(C)=O)c1S(=O)(=O)C1CC1. The van der Waals surface area contributed by atoms with Crippen molar-refractivity contribution in [2.75, 3.05) is 28.2 Å². The third-order valence-corrected chi connectivity index (χ3v) is 10.2. The number of nitriles is 1. The number of carbonyl (C=O) groups is 1. The fraction of sp³-hybridized carbons (Fsp3) is 0.464. The molecular formula is C28H30F3N7O4S. The number of hydrogen-bond donors (Lipinski definition) is 1. The number of hydrogen-bond acceptors (Lipinski definition) is 9. The van der Waals surface area contributed by atoms with Crippen LogP contribution in [0, 0.1) is 11.3 Å². The zero-order chi connectivity index (χ0) is 31.4. The minimum Gasteiger partial charge on any atom is -0.363 e. The van der Waals surface area contributed by atoms with Gasteiger partial charge in [0.1, 0.15) is 22.2 Å². The van der Waals surface area contributed by atoms with Crippen molar-refractivity contribution in [1.29, 1.82) is 5.26 Å². The van der Waals surface area contributed by atoms with E-state index in [2.05, 4.69) is 15.3 Å². The third kappa shape index (κ3) is 5.39. The molecule has 15 heteroatoms. The minimum absolute atomic E-state index is 0.0609. The lowest BCUT2D eigenvalue weighted by atomic mass is 10.0. The van der Waals surface area contributed by atoms with E-state index in [1.54, 1.807) is 24.8 Å². The maximum atomic E-state index is 14.6. The molecule has 1 aromatic carbocycles. The van der Waals surface area contributed by atoms with E-state index >= 15 is 0 Å². The van der Waals surface area contributed by atoms with Crippen LogP contribution in [0.1, 0.15) is 51.3 Å². The summed E-state index contributed by atoms with van der Waals surface area (Å²) in [5, 5.41) is 11.0. The lowest BCUT2D eigenvalue weighted by Gasteiger charge is -2.48. The molecule has 0 unspecified atom stereocenters. The van der Waals surface area contributed by atoms with Gasteiger partial charge < -0.3 is 15.1 Å². The Morgan fingerprint density at radius 3 is 2.42 bits per heavy atom. The molecule has 3 heterocycles. The molecule has 2 fully saturated rings. The van der Waals surface area contributed by atoms with Crippen LogP contribution in [-0.4, -0.2) is 59.3 Å². The molecule has 11 nitrogen and oxygen atoms in total. The van der Waals surface area contributed by atoms with E-state index < -0.39 is 61.1 Å². The van der Waals surface area contributed by atoms with Gasteiger partial charge in [-0.2, -0.15) is 23.4 Å². The van der Waals surface area contributed by atoms with Crippen LogP contribution in [0.5, 0.6) is 0 Å². The Labute approximate surface area is 245 Å². The number of sulfone groups is 1. The number of aromatic nitrogens is 3. The van der Waals surface area contributed by atoms with E-state index in [1.165, 1.54) is 22.6 Å². The Kier molecular flexibility index (Phi) is 7.62. The molecule has 2 aliphatic rings. The Morgan fingerprint density at radius 1 is 1.14 bits per heavy atom. The minimum atomic E-state index is -4.89. The summed E-state index contributed by atoms with van der Waals surface area (Å²) in [7, 11) is -2.71. The largest absolute Gasteiger partial charge is 0.418 e. The second kappa shape index (κ2) is 10.8. The van der Waals surface area contributed by atoms with Gasteiger partial charge in [-0.05, 0) is 50.5 Å². The average Bonchev–Trinajstić information content (AvgIpc) is 3.80. The summed E-state index contributed by atoms with van der Waals surface area (Å²) < 4.78 is 72.5. The van der Waals surface area contributed by atoms with Gasteiger partial charge in [0, 0.05) is 39.1 Å². The molecule has 0 radical (unpaired) electrons.